The van der Waals surface area contributed by atoms with E-state index in [-0.39, 0.29) is 0 Å². The molecule has 0 aromatic carbocycles. The van der Waals surface area contributed by atoms with Gasteiger partial charge in [-0.2, -0.15) is 0 Å². The van der Waals surface area contributed by atoms with Gasteiger partial charge >= 0.3 is 0 Å². The number of piperazine rings is 1. The van der Waals surface area contributed by atoms with Crippen LogP contribution in [0.4, 0.5) is 0 Å². The summed E-state index contributed by atoms with van der Waals surface area (Å²) in [6, 6.07) is 0. The van der Waals surface area contributed by atoms with Crippen molar-refractivity contribution in [2.24, 2.45) is 0 Å². The van der Waals surface area contributed by atoms with Gasteiger partial charge in [-0.15, -0.1) is 0 Å². The number of nitrogens with zero attached hydrogens (tertiary/aromatic N) is 1. The van der Waals surface area contributed by atoms with E-state index in [9.17, 15) is 4.79 Å². The van der Waals surface area contributed by atoms with Gasteiger partial charge in [-0.3, -0.25) is 9.69 Å². The minimum atomic E-state index is -1.87. The fourth-order valence-corrected chi connectivity index (χ4v) is 1.35. The number of nitrogens with one attached hydrogen (secondary N) is 2. The Hall–Kier alpha value is 0.260. The summed E-state index contributed by atoms with van der Waals surface area (Å²) in [7, 11) is 0. The van der Waals surface area contributed by atoms with Crippen LogP contribution in [0.1, 0.15) is 0 Å². The lowest BCUT2D eigenvalue weighted by molar-refractivity contribution is -0.120. The Kier molecular flexibility index (Phi) is 4.73. The number of carbonyl (C=O) groups is 1. The second kappa shape index (κ2) is 5.37. The van der Waals surface area contributed by atoms with Crippen LogP contribution in [0.3, 0.4) is 0 Å². The van der Waals surface area contributed by atoms with E-state index in [1.54, 1.807) is 0 Å². The molecule has 1 fully saturated rings. The highest BCUT2D eigenvalue weighted by atomic mass is 35.6. The second-order valence-electron chi connectivity index (χ2n) is 3.03. The Bertz CT molecular complexity index is 201. The number of halogens is 3. The number of carbonyl (C=O) groups excluding carboxylic acids is 1. The van der Waals surface area contributed by atoms with Gasteiger partial charge in [0.15, 0.2) is 0 Å². The Balaban J connectivity index is 2.22. The average Bonchev–Trinajstić information content (AvgIpc) is 2.14. The molecule has 0 unspecified atom stereocenters. The van der Waals surface area contributed by atoms with Gasteiger partial charge in [0.2, 0.25) is 0 Å². The van der Waals surface area contributed by atoms with Gasteiger partial charge in [-0.25, -0.2) is 0 Å². The summed E-state index contributed by atoms with van der Waals surface area (Å²) < 4.78 is -1.87. The molecule has 2 N–H and O–H groups in total. The van der Waals surface area contributed by atoms with Gasteiger partial charge in [0.05, 0.1) is 6.67 Å². The van der Waals surface area contributed by atoms with Crippen molar-refractivity contribution in [1.82, 2.24) is 15.5 Å². The van der Waals surface area contributed by atoms with Crippen molar-refractivity contribution in [3.8, 4) is 0 Å². The fourth-order valence-electron chi connectivity index (χ4n) is 1.15. The Morgan fingerprint density at radius 2 is 1.93 bits per heavy atom. The molecule has 0 aromatic rings. The first kappa shape index (κ1) is 12.3. The summed E-state index contributed by atoms with van der Waals surface area (Å²) in [5.41, 5.74) is 0. The highest BCUT2D eigenvalue weighted by Crippen LogP contribution is 2.25. The van der Waals surface area contributed by atoms with E-state index in [4.69, 9.17) is 34.8 Å². The Morgan fingerprint density at radius 3 is 2.43 bits per heavy atom. The van der Waals surface area contributed by atoms with Gasteiger partial charge in [0.1, 0.15) is 0 Å². The highest BCUT2D eigenvalue weighted by molar-refractivity contribution is 6.76. The maximum atomic E-state index is 11.2. The lowest BCUT2D eigenvalue weighted by atomic mass is 10.4. The zero-order valence-electron chi connectivity index (χ0n) is 7.52. The molecule has 0 aromatic heterocycles. The van der Waals surface area contributed by atoms with E-state index in [2.05, 4.69) is 15.5 Å². The molecule has 0 spiro atoms. The molecule has 0 saturated carbocycles. The molecule has 0 aliphatic carbocycles. The molecule has 1 heterocycles. The van der Waals surface area contributed by atoms with Crippen molar-refractivity contribution in [2.75, 3.05) is 32.8 Å². The molecule has 4 nitrogen and oxygen atoms in total. The minimum Gasteiger partial charge on any atom is -0.340 e. The van der Waals surface area contributed by atoms with Gasteiger partial charge in [0, 0.05) is 26.2 Å². The van der Waals surface area contributed by atoms with Crippen LogP contribution in [-0.4, -0.2) is 47.4 Å². The summed E-state index contributed by atoms with van der Waals surface area (Å²) in [6.07, 6.45) is 0. The molecule has 0 bridgehead atoms. The van der Waals surface area contributed by atoms with Crippen molar-refractivity contribution >= 4 is 40.7 Å². The maximum Gasteiger partial charge on any atom is 0.273 e. The topological polar surface area (TPSA) is 44.4 Å². The fraction of sp³-hybridized carbons (Fsp3) is 0.857. The second-order valence-corrected chi connectivity index (χ2v) is 5.31. The van der Waals surface area contributed by atoms with Crippen LogP contribution < -0.4 is 10.6 Å². The van der Waals surface area contributed by atoms with Crippen molar-refractivity contribution in [1.29, 1.82) is 0 Å². The van der Waals surface area contributed by atoms with Gasteiger partial charge < -0.3 is 10.6 Å². The molecule has 1 aliphatic heterocycles. The van der Waals surface area contributed by atoms with Gasteiger partial charge in [-0.05, 0) is 0 Å². The first-order valence-electron chi connectivity index (χ1n) is 4.28. The van der Waals surface area contributed by atoms with Crippen LogP contribution in [0.15, 0.2) is 0 Å². The highest BCUT2D eigenvalue weighted by Gasteiger charge is 2.30. The molecule has 0 atom stereocenters. The monoisotopic (exact) mass is 259 g/mol. The third kappa shape index (κ3) is 4.19. The zero-order chi connectivity index (χ0) is 10.6. The standard InChI is InChI=1S/C7H12Cl3N3O/c8-7(9,10)6(14)12-5-13-3-1-11-2-4-13/h11H,1-5H2,(H,12,14). The molecule has 14 heavy (non-hydrogen) atoms. The first-order valence-corrected chi connectivity index (χ1v) is 5.41. The van der Waals surface area contributed by atoms with Gasteiger partial charge in [-0.1, -0.05) is 34.8 Å². The molecule has 0 radical (unpaired) electrons. The van der Waals surface area contributed by atoms with Crippen LogP contribution in [0.5, 0.6) is 0 Å². The molecule has 82 valence electrons. The smallest absolute Gasteiger partial charge is 0.273 e. The van der Waals surface area contributed by atoms with E-state index >= 15 is 0 Å². The lowest BCUT2D eigenvalue weighted by Gasteiger charge is -2.27. The molecule has 1 saturated heterocycles. The van der Waals surface area contributed by atoms with E-state index in [0.717, 1.165) is 26.2 Å². The summed E-state index contributed by atoms with van der Waals surface area (Å²) in [5.74, 6) is -0.582. The molecular weight excluding hydrogens is 248 g/mol. The molecule has 1 rings (SSSR count). The minimum absolute atomic E-state index is 0.425. The summed E-state index contributed by atoms with van der Waals surface area (Å²) in [6.45, 7) is 4.04. The number of alkyl halides is 3. The van der Waals surface area contributed by atoms with Crippen molar-refractivity contribution < 1.29 is 4.79 Å². The van der Waals surface area contributed by atoms with Crippen LogP contribution in [0.25, 0.3) is 0 Å². The zero-order valence-corrected chi connectivity index (χ0v) is 9.79. The van der Waals surface area contributed by atoms with Crippen LogP contribution in [0.2, 0.25) is 0 Å². The van der Waals surface area contributed by atoms with Crippen molar-refractivity contribution in [2.45, 2.75) is 3.79 Å². The number of amides is 1. The van der Waals surface area contributed by atoms with Crippen LogP contribution in [0, 0.1) is 0 Å². The first-order chi connectivity index (χ1) is 6.50. The average molecular weight is 261 g/mol. The van der Waals surface area contributed by atoms with Crippen molar-refractivity contribution in [3.05, 3.63) is 0 Å². The van der Waals surface area contributed by atoms with Crippen molar-refractivity contribution in [3.63, 3.8) is 0 Å². The summed E-state index contributed by atoms with van der Waals surface area (Å²) in [4.78, 5) is 13.2. The lowest BCUT2D eigenvalue weighted by Crippen LogP contribution is -2.49. The van der Waals surface area contributed by atoms with Gasteiger partial charge in [0.25, 0.3) is 9.70 Å². The third-order valence-electron chi connectivity index (χ3n) is 1.93. The molecule has 1 amide bonds. The summed E-state index contributed by atoms with van der Waals surface area (Å²) >= 11 is 16.2. The number of hydrogen-bond acceptors (Lipinski definition) is 3. The van der Waals surface area contributed by atoms with E-state index in [1.807, 2.05) is 0 Å². The van der Waals surface area contributed by atoms with E-state index in [0.29, 0.717) is 6.67 Å². The van der Waals surface area contributed by atoms with E-state index in [1.165, 1.54) is 0 Å². The Labute approximate surface area is 97.9 Å². The SMILES string of the molecule is O=C(NCN1CCNCC1)C(Cl)(Cl)Cl. The molecule has 7 heteroatoms. The van der Waals surface area contributed by atoms with Crippen LogP contribution in [-0.2, 0) is 4.79 Å². The number of hydrogen-bond donors (Lipinski definition) is 2. The summed E-state index contributed by atoms with van der Waals surface area (Å²) in [5, 5.41) is 5.76. The predicted octanol–water partition coefficient (Wildman–Crippen LogP) is 0.335. The third-order valence-corrected chi connectivity index (χ3v) is 2.45. The molecular formula is C7H12Cl3N3O. The normalized spacial score (nSPS) is 19.4. The molecule has 1 aliphatic rings. The predicted molar refractivity (Wildman–Crippen MR) is 57.7 cm³/mol. The number of rotatable bonds is 2. The van der Waals surface area contributed by atoms with Crippen LogP contribution >= 0.6 is 34.8 Å². The van der Waals surface area contributed by atoms with E-state index < -0.39 is 9.70 Å². The maximum absolute atomic E-state index is 11.2. The largest absolute Gasteiger partial charge is 0.340 e. The Morgan fingerprint density at radius 1 is 1.36 bits per heavy atom. The quantitative estimate of drug-likeness (QED) is 0.704.